The Labute approximate surface area is 91.7 Å². The van der Waals surface area contributed by atoms with Gasteiger partial charge in [0.1, 0.15) is 26.4 Å². The number of aliphatic hydroxyl groups excluding tert-OH is 1. The standard InChI is InChI=1S/C11H21NO3/c1-6-8-10(13)9(3)11(14)15-12(4,5)7-2/h6-8H2,1-5H3/p+1. The fourth-order valence-corrected chi connectivity index (χ4v) is 0.900. The summed E-state index contributed by atoms with van der Waals surface area (Å²) in [6.45, 7) is 6.15. The largest absolute Gasteiger partial charge is 0.512 e. The third kappa shape index (κ3) is 4.83. The highest BCUT2D eigenvalue weighted by Gasteiger charge is 2.22. The highest BCUT2D eigenvalue weighted by atomic mass is 16.7. The molecule has 0 aliphatic heterocycles. The first kappa shape index (κ1) is 14.0. The summed E-state index contributed by atoms with van der Waals surface area (Å²) in [6, 6.07) is 0. The third-order valence-corrected chi connectivity index (χ3v) is 2.32. The number of hydrogen-bond donors (Lipinski definition) is 1. The van der Waals surface area contributed by atoms with Crippen molar-refractivity contribution in [3.8, 4) is 0 Å². The summed E-state index contributed by atoms with van der Waals surface area (Å²) >= 11 is 0. The summed E-state index contributed by atoms with van der Waals surface area (Å²) in [5, 5.41) is 9.53. The van der Waals surface area contributed by atoms with Crippen LogP contribution in [0.5, 0.6) is 0 Å². The van der Waals surface area contributed by atoms with E-state index >= 15 is 0 Å². The molecule has 0 aliphatic carbocycles. The Morgan fingerprint density at radius 1 is 1.33 bits per heavy atom. The van der Waals surface area contributed by atoms with Crippen LogP contribution in [0.15, 0.2) is 11.3 Å². The first-order valence-electron chi connectivity index (χ1n) is 5.29. The molecule has 0 radical (unpaired) electrons. The highest BCUT2D eigenvalue weighted by molar-refractivity contribution is 5.87. The van der Waals surface area contributed by atoms with E-state index in [0.29, 0.717) is 18.5 Å². The van der Waals surface area contributed by atoms with Crippen molar-refractivity contribution in [3.05, 3.63) is 11.3 Å². The second kappa shape index (κ2) is 5.75. The number of aliphatic hydroxyl groups is 1. The molecule has 1 N–H and O–H groups in total. The Balaban J connectivity index is 4.52. The van der Waals surface area contributed by atoms with Gasteiger partial charge >= 0.3 is 5.97 Å². The summed E-state index contributed by atoms with van der Waals surface area (Å²) in [7, 11) is 3.59. The fourth-order valence-electron chi connectivity index (χ4n) is 0.900. The molecule has 0 aromatic heterocycles. The summed E-state index contributed by atoms with van der Waals surface area (Å²) in [6.07, 6.45) is 1.32. The van der Waals surface area contributed by atoms with Gasteiger partial charge in [0.2, 0.25) is 0 Å². The molecular weight excluding hydrogens is 194 g/mol. The second-order valence-electron chi connectivity index (χ2n) is 4.09. The van der Waals surface area contributed by atoms with Gasteiger partial charge in [0, 0.05) is 6.42 Å². The van der Waals surface area contributed by atoms with Crippen molar-refractivity contribution in [2.45, 2.75) is 33.6 Å². The Morgan fingerprint density at radius 3 is 2.27 bits per heavy atom. The lowest BCUT2D eigenvalue weighted by Gasteiger charge is -2.24. The maximum absolute atomic E-state index is 11.6. The SMILES string of the molecule is CCC/C(O)=C(\C)C(=O)O[N+](C)(C)CC. The molecule has 4 heteroatoms. The van der Waals surface area contributed by atoms with Gasteiger partial charge in [0.15, 0.2) is 0 Å². The van der Waals surface area contributed by atoms with Crippen molar-refractivity contribution in [1.29, 1.82) is 0 Å². The molecule has 15 heavy (non-hydrogen) atoms. The molecule has 0 saturated heterocycles. The van der Waals surface area contributed by atoms with Crippen LogP contribution in [0.2, 0.25) is 0 Å². The van der Waals surface area contributed by atoms with Crippen LogP contribution in [0, 0.1) is 0 Å². The van der Waals surface area contributed by atoms with Crippen LogP contribution in [-0.4, -0.2) is 36.4 Å². The predicted octanol–water partition coefficient (Wildman–Crippen LogP) is 2.17. The van der Waals surface area contributed by atoms with Gasteiger partial charge in [-0.3, -0.25) is 4.84 Å². The van der Waals surface area contributed by atoms with Crippen LogP contribution >= 0.6 is 0 Å². The molecule has 0 aliphatic rings. The Hall–Kier alpha value is -1.03. The van der Waals surface area contributed by atoms with E-state index in [1.165, 1.54) is 0 Å². The van der Waals surface area contributed by atoms with Gasteiger partial charge in [-0.25, -0.2) is 4.79 Å². The molecule has 0 amide bonds. The molecule has 0 rings (SSSR count). The number of carbonyl (C=O) groups excluding carboxylic acids is 1. The van der Waals surface area contributed by atoms with E-state index in [-0.39, 0.29) is 10.4 Å². The second-order valence-corrected chi connectivity index (χ2v) is 4.09. The number of quaternary nitrogens is 1. The van der Waals surface area contributed by atoms with Gasteiger partial charge in [0.25, 0.3) is 0 Å². The van der Waals surface area contributed by atoms with Gasteiger partial charge in [-0.15, -0.1) is 4.65 Å². The number of carbonyl (C=O) groups is 1. The lowest BCUT2D eigenvalue weighted by Crippen LogP contribution is -2.41. The van der Waals surface area contributed by atoms with E-state index in [2.05, 4.69) is 0 Å². The van der Waals surface area contributed by atoms with Crippen molar-refractivity contribution in [1.82, 2.24) is 0 Å². The van der Waals surface area contributed by atoms with E-state index in [9.17, 15) is 9.90 Å². The molecule has 0 fully saturated rings. The fraction of sp³-hybridized carbons (Fsp3) is 0.727. The van der Waals surface area contributed by atoms with Crippen molar-refractivity contribution < 1.29 is 19.4 Å². The smallest absolute Gasteiger partial charge is 0.396 e. The summed E-state index contributed by atoms with van der Waals surface area (Å²) in [4.78, 5) is 16.8. The van der Waals surface area contributed by atoms with Crippen LogP contribution < -0.4 is 0 Å². The first-order chi connectivity index (χ1) is 6.84. The molecule has 0 saturated carbocycles. The van der Waals surface area contributed by atoms with Crippen LogP contribution in [0.1, 0.15) is 33.6 Å². The number of hydrogen-bond acceptors (Lipinski definition) is 3. The zero-order valence-corrected chi connectivity index (χ0v) is 10.3. The van der Waals surface area contributed by atoms with Crippen molar-refractivity contribution >= 4 is 5.97 Å². The van der Waals surface area contributed by atoms with Crippen LogP contribution in [0.4, 0.5) is 0 Å². The van der Waals surface area contributed by atoms with Gasteiger partial charge in [-0.05, 0) is 20.3 Å². The van der Waals surface area contributed by atoms with Crippen molar-refractivity contribution in [3.63, 3.8) is 0 Å². The Kier molecular flexibility index (Phi) is 5.36. The van der Waals surface area contributed by atoms with E-state index in [1.807, 2.05) is 13.8 Å². The lowest BCUT2D eigenvalue weighted by molar-refractivity contribution is -1.06. The minimum absolute atomic E-state index is 0.124. The normalized spacial score (nSPS) is 13.4. The molecular formula is C11H22NO3+. The van der Waals surface area contributed by atoms with E-state index in [1.54, 1.807) is 21.0 Å². The van der Waals surface area contributed by atoms with Crippen LogP contribution in [0.25, 0.3) is 0 Å². The molecule has 4 nitrogen and oxygen atoms in total. The number of hydroxylamine groups is 3. The molecule has 0 aromatic rings. The zero-order chi connectivity index (χ0) is 12.1. The summed E-state index contributed by atoms with van der Waals surface area (Å²) < 4.78 is 0.162. The van der Waals surface area contributed by atoms with E-state index in [0.717, 1.165) is 6.42 Å². The van der Waals surface area contributed by atoms with E-state index < -0.39 is 5.97 Å². The number of nitrogens with zero attached hydrogens (tertiary/aromatic N) is 1. The maximum atomic E-state index is 11.6. The molecule has 0 bridgehead atoms. The van der Waals surface area contributed by atoms with Gasteiger partial charge < -0.3 is 5.11 Å². The lowest BCUT2D eigenvalue weighted by atomic mass is 10.2. The molecule has 0 atom stereocenters. The van der Waals surface area contributed by atoms with Crippen LogP contribution in [-0.2, 0) is 9.63 Å². The summed E-state index contributed by atoms with van der Waals surface area (Å²) in [5.41, 5.74) is 0.302. The van der Waals surface area contributed by atoms with Gasteiger partial charge in [-0.1, -0.05) is 6.92 Å². The number of rotatable bonds is 5. The minimum Gasteiger partial charge on any atom is -0.512 e. The predicted molar refractivity (Wildman–Crippen MR) is 59.0 cm³/mol. The zero-order valence-electron chi connectivity index (χ0n) is 10.3. The molecule has 0 aromatic carbocycles. The Morgan fingerprint density at radius 2 is 1.87 bits per heavy atom. The van der Waals surface area contributed by atoms with Crippen molar-refractivity contribution in [2.24, 2.45) is 0 Å². The minimum atomic E-state index is -0.451. The third-order valence-electron chi connectivity index (χ3n) is 2.32. The first-order valence-corrected chi connectivity index (χ1v) is 5.29. The molecule has 0 spiro atoms. The average molecular weight is 216 g/mol. The topological polar surface area (TPSA) is 46.5 Å². The monoisotopic (exact) mass is 216 g/mol. The number of allylic oxidation sites excluding steroid dienone is 1. The maximum Gasteiger partial charge on any atom is 0.396 e. The molecule has 88 valence electrons. The van der Waals surface area contributed by atoms with Gasteiger partial charge in [0.05, 0.1) is 5.57 Å². The van der Waals surface area contributed by atoms with Crippen molar-refractivity contribution in [2.75, 3.05) is 20.6 Å². The molecule has 0 unspecified atom stereocenters. The van der Waals surface area contributed by atoms with E-state index in [4.69, 9.17) is 4.84 Å². The highest BCUT2D eigenvalue weighted by Crippen LogP contribution is 2.11. The Bertz CT molecular complexity index is 257. The average Bonchev–Trinajstić information content (AvgIpc) is 2.16. The summed E-state index contributed by atoms with van der Waals surface area (Å²) in [5.74, 6) is -0.327. The quantitative estimate of drug-likeness (QED) is 0.331. The van der Waals surface area contributed by atoms with Gasteiger partial charge in [-0.2, -0.15) is 0 Å². The molecule has 0 heterocycles. The van der Waals surface area contributed by atoms with Crippen LogP contribution in [0.3, 0.4) is 0 Å².